The summed E-state index contributed by atoms with van der Waals surface area (Å²) in [4.78, 5) is 0.532. The minimum Gasteiger partial charge on any atom is -0.493 e. The van der Waals surface area contributed by atoms with E-state index in [-0.39, 0.29) is 12.0 Å². The van der Waals surface area contributed by atoms with Gasteiger partial charge in [-0.1, -0.05) is 69.7 Å². The Morgan fingerprint density at radius 1 is 0.970 bits per heavy atom. The van der Waals surface area contributed by atoms with Crippen molar-refractivity contribution in [2.45, 2.75) is 78.1 Å². The van der Waals surface area contributed by atoms with E-state index in [2.05, 4.69) is 58.0 Å². The van der Waals surface area contributed by atoms with Gasteiger partial charge < -0.3 is 4.74 Å². The highest BCUT2D eigenvalue weighted by atomic mass is 19.4. The molecule has 0 bridgehead atoms. The number of unbranched alkanes of at least 4 members (excludes halogenated alkanes) is 1. The zero-order valence-electron chi connectivity index (χ0n) is 20.4. The van der Waals surface area contributed by atoms with Gasteiger partial charge in [0.2, 0.25) is 0 Å². The van der Waals surface area contributed by atoms with Crippen LogP contribution in [0.5, 0.6) is 5.75 Å². The lowest BCUT2D eigenvalue weighted by molar-refractivity contribution is -0.206. The fourth-order valence-electron chi connectivity index (χ4n) is 4.65. The van der Waals surface area contributed by atoms with E-state index in [4.69, 9.17) is 4.74 Å². The van der Waals surface area contributed by atoms with Crippen molar-refractivity contribution in [1.29, 1.82) is 0 Å². The molecule has 2 nitrogen and oxygen atoms in total. The summed E-state index contributed by atoms with van der Waals surface area (Å²) in [6, 6.07) is 12.3. The number of hydrogen-bond acceptors (Lipinski definition) is 2. The first-order valence-electron chi connectivity index (χ1n) is 12.0. The average Bonchev–Trinajstić information content (AvgIpc) is 3.56. The lowest BCUT2D eigenvalue weighted by atomic mass is 9.70. The van der Waals surface area contributed by atoms with Gasteiger partial charge in [0, 0.05) is 18.0 Å². The number of nitrogens with zero attached hydrogens (tertiary/aromatic N) is 1. The molecule has 0 N–H and O–H groups in total. The van der Waals surface area contributed by atoms with Crippen LogP contribution in [-0.4, -0.2) is 30.4 Å². The predicted molar refractivity (Wildman–Crippen MR) is 130 cm³/mol. The zero-order chi connectivity index (χ0) is 24.2. The number of rotatable bonds is 10. The van der Waals surface area contributed by atoms with Crippen molar-refractivity contribution < 1.29 is 17.9 Å². The summed E-state index contributed by atoms with van der Waals surface area (Å²) in [6.45, 7) is 11.5. The Labute approximate surface area is 196 Å². The SMILES string of the molecule is CCCCOc1ccc(C(CC)(CC)c2ccc(/C=C/C3CN3C(F)(F)F)c(C)c2)cc1C. The van der Waals surface area contributed by atoms with Crippen molar-refractivity contribution in [3.8, 4) is 5.75 Å². The maximum absolute atomic E-state index is 12.7. The standard InChI is InChI=1S/C28H36F3NO/c1-6-9-16-33-26-15-13-24(18-21(26)5)27(7-2,8-3)23-12-10-22(20(4)17-23)11-14-25-19-32(25)28(29,30)31/h10-15,17-18,25H,6-9,16,19H2,1-5H3/b14-11+. The second-order valence-electron chi connectivity index (χ2n) is 9.09. The minimum atomic E-state index is -4.25. The topological polar surface area (TPSA) is 12.2 Å². The maximum Gasteiger partial charge on any atom is 0.460 e. The Kier molecular flexibility index (Phi) is 7.94. The normalized spacial score (nSPS) is 18.7. The van der Waals surface area contributed by atoms with E-state index >= 15 is 0 Å². The van der Waals surface area contributed by atoms with Crippen LogP contribution in [-0.2, 0) is 5.41 Å². The number of aryl methyl sites for hydroxylation is 2. The smallest absolute Gasteiger partial charge is 0.460 e. The summed E-state index contributed by atoms with van der Waals surface area (Å²) >= 11 is 0. The van der Waals surface area contributed by atoms with E-state index in [1.165, 1.54) is 11.1 Å². The lowest BCUT2D eigenvalue weighted by Gasteiger charge is -2.34. The van der Waals surface area contributed by atoms with E-state index in [0.717, 1.165) is 54.7 Å². The fourth-order valence-corrected chi connectivity index (χ4v) is 4.65. The molecule has 2 aromatic rings. The number of ether oxygens (including phenoxy) is 1. The summed E-state index contributed by atoms with van der Waals surface area (Å²) in [5.74, 6) is 0.943. The molecule has 1 saturated heterocycles. The molecule has 2 atom stereocenters. The zero-order valence-corrected chi connectivity index (χ0v) is 20.4. The third kappa shape index (κ3) is 5.63. The van der Waals surface area contributed by atoms with Crippen LogP contribution in [0, 0.1) is 13.8 Å². The van der Waals surface area contributed by atoms with Gasteiger partial charge in [-0.15, -0.1) is 0 Å². The molecule has 0 amide bonds. The molecule has 180 valence electrons. The van der Waals surface area contributed by atoms with Crippen LogP contribution in [0.3, 0.4) is 0 Å². The van der Waals surface area contributed by atoms with Crippen LogP contribution in [0.4, 0.5) is 13.2 Å². The van der Waals surface area contributed by atoms with Crippen molar-refractivity contribution in [2.75, 3.05) is 13.2 Å². The van der Waals surface area contributed by atoms with Crippen molar-refractivity contribution >= 4 is 6.08 Å². The second kappa shape index (κ2) is 10.3. The van der Waals surface area contributed by atoms with Gasteiger partial charge in [0.25, 0.3) is 0 Å². The van der Waals surface area contributed by atoms with Gasteiger partial charge in [-0.2, -0.15) is 13.2 Å². The minimum absolute atomic E-state index is 0.0451. The Morgan fingerprint density at radius 2 is 1.61 bits per heavy atom. The van der Waals surface area contributed by atoms with Crippen LogP contribution in [0.2, 0.25) is 0 Å². The number of benzene rings is 2. The number of halogens is 3. The van der Waals surface area contributed by atoms with E-state index < -0.39 is 12.3 Å². The molecule has 3 rings (SSSR count). The molecule has 5 heteroatoms. The van der Waals surface area contributed by atoms with Gasteiger partial charge in [-0.25, -0.2) is 4.90 Å². The van der Waals surface area contributed by atoms with Crippen molar-refractivity contribution in [2.24, 2.45) is 0 Å². The summed E-state index contributed by atoms with van der Waals surface area (Å²) < 4.78 is 44.2. The highest BCUT2D eigenvalue weighted by Gasteiger charge is 2.51. The number of hydrogen-bond donors (Lipinski definition) is 0. The molecule has 0 aliphatic carbocycles. The molecular formula is C28H36F3NO. The molecule has 2 unspecified atom stereocenters. The monoisotopic (exact) mass is 459 g/mol. The molecule has 33 heavy (non-hydrogen) atoms. The van der Waals surface area contributed by atoms with E-state index in [1.54, 1.807) is 6.08 Å². The van der Waals surface area contributed by atoms with Gasteiger partial charge >= 0.3 is 6.30 Å². The summed E-state index contributed by atoms with van der Waals surface area (Å²) in [6.07, 6.45) is 3.30. The first kappa shape index (κ1) is 25.4. The molecule has 2 aromatic carbocycles. The molecule has 1 aliphatic rings. The first-order chi connectivity index (χ1) is 15.7. The molecule has 0 radical (unpaired) electrons. The Morgan fingerprint density at radius 3 is 2.12 bits per heavy atom. The van der Waals surface area contributed by atoms with Crippen LogP contribution in [0.25, 0.3) is 6.08 Å². The third-order valence-corrected chi connectivity index (χ3v) is 6.99. The molecule has 1 fully saturated rings. The Hall–Kier alpha value is -2.27. The lowest BCUT2D eigenvalue weighted by Crippen LogP contribution is -2.26. The molecular weight excluding hydrogens is 423 g/mol. The van der Waals surface area contributed by atoms with Gasteiger partial charge in [0.05, 0.1) is 6.61 Å². The van der Waals surface area contributed by atoms with Crippen LogP contribution < -0.4 is 4.74 Å². The molecule has 0 aromatic heterocycles. The van der Waals surface area contributed by atoms with E-state index in [0.29, 0.717) is 4.90 Å². The van der Waals surface area contributed by atoms with Crippen molar-refractivity contribution in [1.82, 2.24) is 4.90 Å². The highest BCUT2D eigenvalue weighted by molar-refractivity contribution is 5.57. The summed E-state index contributed by atoms with van der Waals surface area (Å²) in [5, 5.41) is 0. The molecule has 0 saturated carbocycles. The largest absolute Gasteiger partial charge is 0.493 e. The predicted octanol–water partition coefficient (Wildman–Crippen LogP) is 7.81. The van der Waals surface area contributed by atoms with E-state index in [1.807, 2.05) is 19.1 Å². The average molecular weight is 460 g/mol. The van der Waals surface area contributed by atoms with Gasteiger partial charge in [0.1, 0.15) is 5.75 Å². The Bertz CT molecular complexity index is 976. The second-order valence-corrected chi connectivity index (χ2v) is 9.09. The highest BCUT2D eigenvalue weighted by Crippen LogP contribution is 2.41. The Balaban J connectivity index is 1.84. The fraction of sp³-hybridized carbons (Fsp3) is 0.500. The molecule has 1 heterocycles. The number of alkyl halides is 3. The first-order valence-corrected chi connectivity index (χ1v) is 12.0. The van der Waals surface area contributed by atoms with Gasteiger partial charge in [-0.05, 0) is 67.0 Å². The quantitative estimate of drug-likeness (QED) is 0.204. The van der Waals surface area contributed by atoms with E-state index in [9.17, 15) is 13.2 Å². The van der Waals surface area contributed by atoms with Gasteiger partial charge in [0.15, 0.2) is 0 Å². The van der Waals surface area contributed by atoms with Crippen LogP contribution >= 0.6 is 0 Å². The van der Waals surface area contributed by atoms with Gasteiger partial charge in [-0.3, -0.25) is 0 Å². The third-order valence-electron chi connectivity index (χ3n) is 6.99. The van der Waals surface area contributed by atoms with Crippen LogP contribution in [0.15, 0.2) is 42.5 Å². The maximum atomic E-state index is 12.7. The molecule has 1 aliphatic heterocycles. The van der Waals surface area contributed by atoms with Crippen molar-refractivity contribution in [3.05, 3.63) is 70.3 Å². The summed E-state index contributed by atoms with van der Waals surface area (Å²) in [7, 11) is 0. The van der Waals surface area contributed by atoms with Crippen LogP contribution in [0.1, 0.15) is 74.3 Å². The summed E-state index contributed by atoms with van der Waals surface area (Å²) in [5.41, 5.74) is 5.57. The molecule has 0 spiro atoms. The van der Waals surface area contributed by atoms with Crippen molar-refractivity contribution in [3.63, 3.8) is 0 Å².